The fourth-order valence-electron chi connectivity index (χ4n) is 2.19. The van der Waals surface area contributed by atoms with Crippen LogP contribution in [-0.2, 0) is 0 Å². The smallest absolute Gasteiger partial charge is 0.118 e. The molecule has 0 aromatic heterocycles. The molecule has 0 aliphatic carbocycles. The molecule has 1 aromatic carbocycles. The van der Waals surface area contributed by atoms with Crippen LogP contribution in [0.3, 0.4) is 0 Å². The third-order valence-electron chi connectivity index (χ3n) is 3.48. The highest BCUT2D eigenvalue weighted by Crippen LogP contribution is 2.11. The number of hydrogen-bond acceptors (Lipinski definition) is 1. The van der Waals surface area contributed by atoms with Gasteiger partial charge in [-0.15, -0.1) is 0 Å². The van der Waals surface area contributed by atoms with Gasteiger partial charge in [0.1, 0.15) is 5.75 Å². The van der Waals surface area contributed by atoms with Crippen molar-refractivity contribution in [1.82, 2.24) is 0 Å². The van der Waals surface area contributed by atoms with E-state index in [1.807, 2.05) is 24.3 Å². The quantitative estimate of drug-likeness (QED) is 0.421. The van der Waals surface area contributed by atoms with E-state index in [9.17, 15) is 0 Å². The highest BCUT2D eigenvalue weighted by Gasteiger charge is 1.91. The maximum atomic E-state index is 5.13. The first-order valence-corrected chi connectivity index (χ1v) is 7.99. The third kappa shape index (κ3) is 7.89. The van der Waals surface area contributed by atoms with E-state index in [1.165, 1.54) is 51.4 Å². The number of benzene rings is 1. The van der Waals surface area contributed by atoms with E-state index in [0.717, 1.165) is 17.7 Å². The van der Waals surface area contributed by atoms with Gasteiger partial charge in [-0.25, -0.2) is 0 Å². The summed E-state index contributed by atoms with van der Waals surface area (Å²) in [5.41, 5.74) is 1.07. The molecule has 0 N–H and O–H groups in total. The SMILES string of the molecule is CCCCCCCCCCC#Cc1ccc(OC)cc1. The summed E-state index contributed by atoms with van der Waals surface area (Å²) in [6.07, 6.45) is 11.9. The van der Waals surface area contributed by atoms with E-state index in [4.69, 9.17) is 4.74 Å². The van der Waals surface area contributed by atoms with Gasteiger partial charge >= 0.3 is 0 Å². The van der Waals surface area contributed by atoms with Crippen LogP contribution in [0.2, 0.25) is 0 Å². The van der Waals surface area contributed by atoms with Crippen LogP contribution in [0.4, 0.5) is 0 Å². The zero-order chi connectivity index (χ0) is 14.5. The Morgan fingerprint density at radius 3 is 2.05 bits per heavy atom. The molecule has 0 aliphatic heterocycles. The van der Waals surface area contributed by atoms with Crippen LogP contribution in [0.15, 0.2) is 24.3 Å². The molecular formula is C19H28O. The highest BCUT2D eigenvalue weighted by molar-refractivity contribution is 5.38. The number of methoxy groups -OCH3 is 1. The second kappa shape index (κ2) is 11.4. The Morgan fingerprint density at radius 1 is 0.850 bits per heavy atom. The molecule has 0 aliphatic rings. The van der Waals surface area contributed by atoms with Crippen LogP contribution in [0.25, 0.3) is 0 Å². The Bertz CT molecular complexity index is 394. The first-order chi connectivity index (χ1) is 9.86. The van der Waals surface area contributed by atoms with Crippen LogP contribution in [0, 0.1) is 11.8 Å². The molecule has 110 valence electrons. The van der Waals surface area contributed by atoms with Crippen molar-refractivity contribution < 1.29 is 4.74 Å². The molecule has 0 heterocycles. The predicted molar refractivity (Wildman–Crippen MR) is 87.1 cm³/mol. The monoisotopic (exact) mass is 272 g/mol. The van der Waals surface area contributed by atoms with Crippen molar-refractivity contribution in [2.24, 2.45) is 0 Å². The molecule has 1 aromatic rings. The maximum Gasteiger partial charge on any atom is 0.118 e. The molecule has 0 saturated carbocycles. The van der Waals surface area contributed by atoms with Gasteiger partial charge in [0.15, 0.2) is 0 Å². The molecule has 0 fully saturated rings. The Hall–Kier alpha value is -1.42. The van der Waals surface area contributed by atoms with Crippen molar-refractivity contribution in [2.75, 3.05) is 7.11 Å². The zero-order valence-corrected chi connectivity index (χ0v) is 13.1. The van der Waals surface area contributed by atoms with Gasteiger partial charge in [-0.3, -0.25) is 0 Å². The predicted octanol–water partition coefficient (Wildman–Crippen LogP) is 5.58. The Morgan fingerprint density at radius 2 is 1.45 bits per heavy atom. The summed E-state index contributed by atoms with van der Waals surface area (Å²) in [5.74, 6) is 7.36. The molecular weight excluding hydrogens is 244 g/mol. The minimum atomic E-state index is 0.888. The third-order valence-corrected chi connectivity index (χ3v) is 3.48. The van der Waals surface area contributed by atoms with Crippen LogP contribution >= 0.6 is 0 Å². The van der Waals surface area contributed by atoms with Crippen LogP contribution in [0.1, 0.15) is 70.3 Å². The van der Waals surface area contributed by atoms with E-state index >= 15 is 0 Å². The number of unbranched alkanes of at least 4 members (excludes halogenated alkanes) is 8. The lowest BCUT2D eigenvalue weighted by Gasteiger charge is -1.99. The summed E-state index contributed by atoms with van der Waals surface area (Å²) < 4.78 is 5.13. The van der Waals surface area contributed by atoms with Gasteiger partial charge < -0.3 is 4.74 Å². The molecule has 0 atom stereocenters. The fourth-order valence-corrected chi connectivity index (χ4v) is 2.19. The van der Waals surface area contributed by atoms with E-state index in [0.29, 0.717) is 0 Å². The van der Waals surface area contributed by atoms with Crippen molar-refractivity contribution in [2.45, 2.75) is 64.7 Å². The largest absolute Gasteiger partial charge is 0.497 e. The molecule has 1 heteroatoms. The average molecular weight is 272 g/mol. The zero-order valence-electron chi connectivity index (χ0n) is 13.1. The molecule has 20 heavy (non-hydrogen) atoms. The maximum absolute atomic E-state index is 5.13. The van der Waals surface area contributed by atoms with Crippen LogP contribution < -0.4 is 4.74 Å². The molecule has 1 nitrogen and oxygen atoms in total. The van der Waals surface area contributed by atoms with Gasteiger partial charge in [0.25, 0.3) is 0 Å². The summed E-state index contributed by atoms with van der Waals surface area (Å²) in [5, 5.41) is 0. The minimum Gasteiger partial charge on any atom is -0.497 e. The van der Waals surface area contributed by atoms with E-state index in [-0.39, 0.29) is 0 Å². The first kappa shape index (κ1) is 16.6. The normalized spacial score (nSPS) is 9.90. The van der Waals surface area contributed by atoms with Crippen molar-refractivity contribution in [3.8, 4) is 17.6 Å². The summed E-state index contributed by atoms with van der Waals surface area (Å²) >= 11 is 0. The second-order valence-corrected chi connectivity index (χ2v) is 5.26. The van der Waals surface area contributed by atoms with Gasteiger partial charge in [0.05, 0.1) is 7.11 Å². The fraction of sp³-hybridized carbons (Fsp3) is 0.579. The standard InChI is InChI=1S/C19H28O/c1-3-4-5-6-7-8-9-10-11-12-13-18-14-16-19(20-2)17-15-18/h14-17H,3-11H2,1-2H3. The van der Waals surface area contributed by atoms with Crippen LogP contribution in [-0.4, -0.2) is 7.11 Å². The lowest BCUT2D eigenvalue weighted by molar-refractivity contribution is 0.415. The molecule has 0 unspecified atom stereocenters. The molecule has 0 bridgehead atoms. The van der Waals surface area contributed by atoms with Crippen molar-refractivity contribution in [3.63, 3.8) is 0 Å². The topological polar surface area (TPSA) is 9.23 Å². The molecule has 0 radical (unpaired) electrons. The van der Waals surface area contributed by atoms with Crippen LogP contribution in [0.5, 0.6) is 5.75 Å². The molecule has 0 spiro atoms. The Balaban J connectivity index is 2.04. The second-order valence-electron chi connectivity index (χ2n) is 5.26. The Kier molecular flexibility index (Phi) is 9.49. The van der Waals surface area contributed by atoms with Gasteiger partial charge in [0.2, 0.25) is 0 Å². The van der Waals surface area contributed by atoms with Gasteiger partial charge in [-0.05, 0) is 30.7 Å². The van der Waals surface area contributed by atoms with Crippen molar-refractivity contribution in [3.05, 3.63) is 29.8 Å². The van der Waals surface area contributed by atoms with E-state index in [2.05, 4.69) is 18.8 Å². The Labute approximate surface area is 124 Å². The minimum absolute atomic E-state index is 0.888. The number of rotatable bonds is 9. The average Bonchev–Trinajstić information content (AvgIpc) is 2.50. The van der Waals surface area contributed by atoms with Gasteiger partial charge in [0, 0.05) is 12.0 Å². The van der Waals surface area contributed by atoms with Gasteiger partial charge in [-0.1, -0.05) is 63.7 Å². The van der Waals surface area contributed by atoms with Crippen molar-refractivity contribution in [1.29, 1.82) is 0 Å². The highest BCUT2D eigenvalue weighted by atomic mass is 16.5. The summed E-state index contributed by atoms with van der Waals surface area (Å²) in [4.78, 5) is 0. The molecule has 0 saturated heterocycles. The summed E-state index contributed by atoms with van der Waals surface area (Å²) in [6.45, 7) is 2.27. The first-order valence-electron chi connectivity index (χ1n) is 7.99. The van der Waals surface area contributed by atoms with E-state index in [1.54, 1.807) is 7.11 Å². The summed E-state index contributed by atoms with van der Waals surface area (Å²) in [6, 6.07) is 7.94. The number of ether oxygens (including phenoxy) is 1. The lowest BCUT2D eigenvalue weighted by Crippen LogP contribution is -1.82. The molecule has 0 amide bonds. The summed E-state index contributed by atoms with van der Waals surface area (Å²) in [7, 11) is 1.68. The molecule has 1 rings (SSSR count). The van der Waals surface area contributed by atoms with Gasteiger partial charge in [-0.2, -0.15) is 0 Å². The number of hydrogen-bond donors (Lipinski definition) is 0. The lowest BCUT2D eigenvalue weighted by atomic mass is 10.1. The van der Waals surface area contributed by atoms with E-state index < -0.39 is 0 Å². The van der Waals surface area contributed by atoms with Crippen molar-refractivity contribution >= 4 is 0 Å².